The Bertz CT molecular complexity index is 1380. The Morgan fingerprint density at radius 1 is 1.00 bits per heavy atom. The summed E-state index contributed by atoms with van der Waals surface area (Å²) in [5.41, 5.74) is 4.73. The van der Waals surface area contributed by atoms with Crippen molar-refractivity contribution in [3.05, 3.63) is 62.7 Å². The van der Waals surface area contributed by atoms with Crippen LogP contribution >= 0.6 is 0 Å². The van der Waals surface area contributed by atoms with E-state index in [1.165, 1.54) is 11.1 Å². The van der Waals surface area contributed by atoms with Crippen LogP contribution in [0.25, 0.3) is 0 Å². The van der Waals surface area contributed by atoms with Crippen molar-refractivity contribution in [2.24, 2.45) is 0 Å². The zero-order valence-electron chi connectivity index (χ0n) is 23.7. The minimum absolute atomic E-state index is 0.172. The first kappa shape index (κ1) is 30.4. The van der Waals surface area contributed by atoms with Crippen molar-refractivity contribution < 1.29 is 27.7 Å². The first-order chi connectivity index (χ1) is 19.3. The molecule has 0 spiro atoms. The monoisotopic (exact) mass is 586 g/mol. The van der Waals surface area contributed by atoms with Gasteiger partial charge < -0.3 is 15.4 Å². The number of sulfonamides is 1. The second-order valence-corrected chi connectivity index (χ2v) is 13.3. The molecule has 0 aromatic heterocycles. The Balaban J connectivity index is 1.49. The number of hydrogen-bond acceptors (Lipinski definition) is 7. The molecule has 2 aromatic carbocycles. The molecule has 0 bridgehead atoms. The van der Waals surface area contributed by atoms with Gasteiger partial charge in [-0.15, -0.1) is 0 Å². The summed E-state index contributed by atoms with van der Waals surface area (Å²) in [5.74, 6) is -0.454. The number of alkyl carbamates (subject to hydrolysis) is 1. The lowest BCUT2D eigenvalue weighted by Gasteiger charge is -2.22. The van der Waals surface area contributed by atoms with Crippen LogP contribution in [0.2, 0.25) is 0 Å². The highest BCUT2D eigenvalue weighted by Gasteiger charge is 2.30. The molecule has 222 valence electrons. The van der Waals surface area contributed by atoms with Gasteiger partial charge in [0, 0.05) is 24.4 Å². The lowest BCUT2D eigenvalue weighted by molar-refractivity contribution is -0.384. The number of non-ortho nitro benzene ring substituents is 1. The molecule has 41 heavy (non-hydrogen) atoms. The van der Waals surface area contributed by atoms with Crippen molar-refractivity contribution in [2.45, 2.75) is 95.1 Å². The lowest BCUT2D eigenvalue weighted by Crippen LogP contribution is -2.44. The zero-order valence-corrected chi connectivity index (χ0v) is 24.6. The summed E-state index contributed by atoms with van der Waals surface area (Å²) >= 11 is 0. The fraction of sp³-hybridized carbons (Fsp3) is 0.517. The smallest absolute Gasteiger partial charge is 0.407 e. The number of nitrogens with one attached hydrogen (secondary N) is 3. The van der Waals surface area contributed by atoms with Gasteiger partial charge in [0.15, 0.2) is 0 Å². The number of rotatable bonds is 11. The molecule has 4 rings (SSSR count). The largest absolute Gasteiger partial charge is 0.444 e. The number of benzene rings is 2. The number of carbonyl (C=O) groups excluding carboxylic acids is 2. The molecule has 0 fully saturated rings. The lowest BCUT2D eigenvalue weighted by atomic mass is 9.98. The van der Waals surface area contributed by atoms with E-state index in [2.05, 4.69) is 21.4 Å². The van der Waals surface area contributed by atoms with Crippen LogP contribution in [0.5, 0.6) is 0 Å². The second kappa shape index (κ2) is 12.6. The first-order valence-corrected chi connectivity index (χ1v) is 15.5. The topological polar surface area (TPSA) is 157 Å². The van der Waals surface area contributed by atoms with Crippen molar-refractivity contribution >= 4 is 33.4 Å². The molecular formula is C29H38N4O7S. The van der Waals surface area contributed by atoms with E-state index in [0.29, 0.717) is 19.4 Å². The van der Waals surface area contributed by atoms with Crippen molar-refractivity contribution in [2.75, 3.05) is 11.9 Å². The van der Waals surface area contributed by atoms with Crippen LogP contribution in [0.15, 0.2) is 35.2 Å². The number of fused-ring (bicyclic) bond motifs is 2. The van der Waals surface area contributed by atoms with Crippen molar-refractivity contribution in [3.63, 3.8) is 0 Å². The third-order valence-electron chi connectivity index (χ3n) is 7.28. The van der Waals surface area contributed by atoms with Crippen molar-refractivity contribution in [1.82, 2.24) is 10.0 Å². The molecule has 12 heteroatoms. The quantitative estimate of drug-likeness (QED) is 0.198. The summed E-state index contributed by atoms with van der Waals surface area (Å²) in [5, 5.41) is 16.8. The van der Waals surface area contributed by atoms with E-state index in [1.807, 2.05) is 0 Å². The number of anilines is 1. The number of nitro groups is 1. The molecule has 3 N–H and O–H groups in total. The summed E-state index contributed by atoms with van der Waals surface area (Å²) in [6.45, 7) is 5.61. The molecule has 2 aliphatic rings. The Kier molecular flexibility index (Phi) is 9.33. The molecule has 0 aliphatic heterocycles. The summed E-state index contributed by atoms with van der Waals surface area (Å²) in [6, 6.07) is 5.69. The van der Waals surface area contributed by atoms with Crippen LogP contribution in [0, 0.1) is 10.1 Å². The van der Waals surface area contributed by atoms with E-state index >= 15 is 0 Å². The normalized spacial score (nSPS) is 15.1. The molecule has 1 atom stereocenters. The number of carbonyl (C=O) groups is 2. The summed E-state index contributed by atoms with van der Waals surface area (Å²) in [7, 11) is -4.16. The van der Waals surface area contributed by atoms with Gasteiger partial charge in [-0.25, -0.2) is 13.2 Å². The summed E-state index contributed by atoms with van der Waals surface area (Å²) in [6.07, 6.45) is 6.28. The molecular weight excluding hydrogens is 548 g/mol. The third kappa shape index (κ3) is 7.82. The number of hydrogen-bond donors (Lipinski definition) is 3. The average Bonchev–Trinajstić information content (AvgIpc) is 3.56. The van der Waals surface area contributed by atoms with E-state index in [1.54, 1.807) is 20.8 Å². The third-order valence-corrected chi connectivity index (χ3v) is 8.77. The van der Waals surface area contributed by atoms with Crippen LogP contribution in [0.3, 0.4) is 0 Å². The van der Waals surface area contributed by atoms with E-state index in [9.17, 15) is 28.1 Å². The highest BCUT2D eigenvalue weighted by atomic mass is 32.2. The zero-order chi connectivity index (χ0) is 29.8. The average molecular weight is 587 g/mol. The molecule has 2 amide bonds. The Hall–Kier alpha value is -3.51. The number of ether oxygens (including phenoxy) is 1. The van der Waals surface area contributed by atoms with Gasteiger partial charge in [0.2, 0.25) is 15.9 Å². The molecule has 2 aliphatic carbocycles. The van der Waals surface area contributed by atoms with E-state index < -0.39 is 38.6 Å². The molecule has 0 saturated heterocycles. The van der Waals surface area contributed by atoms with Crippen LogP contribution in [-0.4, -0.2) is 43.5 Å². The van der Waals surface area contributed by atoms with Crippen molar-refractivity contribution in [3.8, 4) is 0 Å². The van der Waals surface area contributed by atoms with Gasteiger partial charge >= 0.3 is 6.09 Å². The van der Waals surface area contributed by atoms with E-state index in [-0.39, 0.29) is 17.0 Å². The second-order valence-electron chi connectivity index (χ2n) is 11.6. The van der Waals surface area contributed by atoms with Crippen LogP contribution < -0.4 is 15.4 Å². The van der Waals surface area contributed by atoms with Crippen molar-refractivity contribution in [1.29, 1.82) is 0 Å². The molecule has 0 saturated carbocycles. The number of unbranched alkanes of at least 4 members (excludes halogenated alkanes) is 1. The van der Waals surface area contributed by atoms with Gasteiger partial charge in [0.05, 0.1) is 9.82 Å². The fourth-order valence-electron chi connectivity index (χ4n) is 5.40. The predicted octanol–water partition coefficient (Wildman–Crippen LogP) is 4.55. The SMILES string of the molecule is CC(C)(C)OC(=O)NCCCC[C@H](NS(=O)(=O)c1ccc([N+](=O)[O-])cc1)C(=O)Nc1c2c(cc3c1CCC3)CCC2. The van der Waals surface area contributed by atoms with Gasteiger partial charge in [-0.2, -0.15) is 4.72 Å². The highest BCUT2D eigenvalue weighted by Crippen LogP contribution is 2.38. The van der Waals surface area contributed by atoms with Gasteiger partial charge in [-0.3, -0.25) is 14.9 Å². The van der Waals surface area contributed by atoms with Crippen LogP contribution in [0.4, 0.5) is 16.2 Å². The van der Waals surface area contributed by atoms with E-state index in [0.717, 1.165) is 79.6 Å². The molecule has 0 heterocycles. The van der Waals surface area contributed by atoms with Crippen LogP contribution in [0.1, 0.15) is 75.1 Å². The molecule has 2 aromatic rings. The summed E-state index contributed by atoms with van der Waals surface area (Å²) in [4.78, 5) is 35.8. The highest BCUT2D eigenvalue weighted by molar-refractivity contribution is 7.89. The standard InChI is InChI=1S/C29H38N4O7S/c1-29(2,3)40-28(35)30-17-5-4-12-25(32-41(38,39)22-15-13-21(14-16-22)33(36)37)27(34)31-26-23-10-6-8-19(23)18-20-9-7-11-24(20)26/h13-16,18,25,32H,4-12,17H2,1-3H3,(H,30,35)(H,31,34)/t25-/m0/s1. The van der Waals surface area contributed by atoms with Gasteiger partial charge in [-0.05, 0) is 113 Å². The maximum atomic E-state index is 13.7. The minimum atomic E-state index is -4.16. The van der Waals surface area contributed by atoms with E-state index in [4.69, 9.17) is 4.74 Å². The minimum Gasteiger partial charge on any atom is -0.444 e. The number of aryl methyl sites for hydroxylation is 2. The maximum absolute atomic E-state index is 13.7. The Labute approximate surface area is 240 Å². The first-order valence-electron chi connectivity index (χ1n) is 14.0. The molecule has 0 unspecified atom stereocenters. The fourth-order valence-corrected chi connectivity index (χ4v) is 6.63. The maximum Gasteiger partial charge on any atom is 0.407 e. The predicted molar refractivity (Wildman–Crippen MR) is 154 cm³/mol. The number of amides is 2. The van der Waals surface area contributed by atoms with Gasteiger partial charge in [0.25, 0.3) is 5.69 Å². The Morgan fingerprint density at radius 3 is 2.17 bits per heavy atom. The molecule has 11 nitrogen and oxygen atoms in total. The van der Waals surface area contributed by atoms with Crippen LogP contribution in [-0.2, 0) is 45.2 Å². The molecule has 0 radical (unpaired) electrons. The Morgan fingerprint density at radius 2 is 1.61 bits per heavy atom. The van der Waals surface area contributed by atoms with Gasteiger partial charge in [0.1, 0.15) is 11.6 Å². The number of nitrogens with zero attached hydrogens (tertiary/aromatic N) is 1. The number of nitro benzene ring substituents is 1. The van der Waals surface area contributed by atoms with Gasteiger partial charge in [-0.1, -0.05) is 6.07 Å². The summed E-state index contributed by atoms with van der Waals surface area (Å²) < 4.78 is 34.2.